The number of benzene rings is 2. The molecule has 0 fully saturated rings. The van der Waals surface area contributed by atoms with E-state index in [0.717, 1.165) is 29.3 Å². The highest BCUT2D eigenvalue weighted by Crippen LogP contribution is 2.36. The van der Waals surface area contributed by atoms with Crippen molar-refractivity contribution in [2.45, 2.75) is 30.0 Å². The molecule has 0 saturated carbocycles. The molecule has 4 rings (SSSR count). The molecular formula is C21H19F2N5O4S. The third-order valence-corrected chi connectivity index (χ3v) is 6.67. The molecule has 0 aliphatic carbocycles. The first-order valence-corrected chi connectivity index (χ1v) is 11.6. The molecule has 0 spiro atoms. The van der Waals surface area contributed by atoms with E-state index in [1.54, 1.807) is 0 Å². The molecular weight excluding hydrogens is 456 g/mol. The maximum Gasteiger partial charge on any atom is 0.261 e. The second kappa shape index (κ2) is 8.12. The number of aromatic nitrogens is 5. The van der Waals surface area contributed by atoms with Gasteiger partial charge in [0, 0.05) is 17.9 Å². The average Bonchev–Trinajstić information content (AvgIpc) is 3.25. The van der Waals surface area contributed by atoms with Crippen molar-refractivity contribution >= 4 is 20.7 Å². The fourth-order valence-corrected chi connectivity index (χ4v) is 4.34. The van der Waals surface area contributed by atoms with Crippen LogP contribution in [0.3, 0.4) is 0 Å². The zero-order valence-electron chi connectivity index (χ0n) is 17.6. The molecule has 2 atom stereocenters. The van der Waals surface area contributed by atoms with Gasteiger partial charge in [0.1, 0.15) is 29.9 Å². The molecule has 2 aromatic carbocycles. The van der Waals surface area contributed by atoms with Crippen molar-refractivity contribution < 1.29 is 22.3 Å². The quantitative estimate of drug-likeness (QED) is 0.452. The van der Waals surface area contributed by atoms with Crippen LogP contribution in [0.25, 0.3) is 10.9 Å². The highest BCUT2D eigenvalue weighted by atomic mass is 32.2. The molecule has 0 bridgehead atoms. The van der Waals surface area contributed by atoms with Gasteiger partial charge in [0.25, 0.3) is 5.56 Å². The maximum atomic E-state index is 14.8. The lowest BCUT2D eigenvalue weighted by Gasteiger charge is -2.35. The Hall–Kier alpha value is -3.51. The minimum Gasteiger partial charge on any atom is -0.381 e. The third-order valence-electron chi connectivity index (χ3n) is 5.56. The fourth-order valence-electron chi connectivity index (χ4n) is 3.70. The number of halogens is 2. The second-order valence-corrected chi connectivity index (χ2v) is 9.74. The molecule has 0 aliphatic rings. The molecule has 4 aromatic rings. The number of hydrogen-bond donors (Lipinski definition) is 1. The van der Waals surface area contributed by atoms with Crippen LogP contribution in [0.2, 0.25) is 0 Å². The van der Waals surface area contributed by atoms with Crippen molar-refractivity contribution in [2.75, 3.05) is 6.26 Å². The SMILES string of the molecule is CC(n1cnc2cc(S(C)(=O)=O)ccc2c1=O)C(O)(Cn1cncn1)c1ccc(F)cc1F. The van der Waals surface area contributed by atoms with E-state index in [4.69, 9.17) is 0 Å². The van der Waals surface area contributed by atoms with E-state index in [1.807, 2.05) is 0 Å². The molecule has 12 heteroatoms. The molecule has 2 aromatic heterocycles. The topological polar surface area (TPSA) is 120 Å². The number of hydrogen-bond acceptors (Lipinski definition) is 7. The van der Waals surface area contributed by atoms with Crippen molar-refractivity contribution in [1.82, 2.24) is 24.3 Å². The Bertz CT molecular complexity index is 1510. The van der Waals surface area contributed by atoms with Crippen molar-refractivity contribution in [3.63, 3.8) is 0 Å². The minimum absolute atomic E-state index is 0.00349. The Morgan fingerprint density at radius 2 is 1.91 bits per heavy atom. The molecule has 0 saturated heterocycles. The summed E-state index contributed by atoms with van der Waals surface area (Å²) >= 11 is 0. The zero-order valence-corrected chi connectivity index (χ0v) is 18.4. The third kappa shape index (κ3) is 4.14. The van der Waals surface area contributed by atoms with Gasteiger partial charge in [-0.1, -0.05) is 6.07 Å². The van der Waals surface area contributed by atoms with E-state index in [-0.39, 0.29) is 27.9 Å². The first-order chi connectivity index (χ1) is 15.5. The predicted octanol–water partition coefficient (Wildman–Crippen LogP) is 1.82. The van der Waals surface area contributed by atoms with Gasteiger partial charge in [-0.2, -0.15) is 5.10 Å². The van der Waals surface area contributed by atoms with Gasteiger partial charge in [0.15, 0.2) is 9.84 Å². The van der Waals surface area contributed by atoms with Crippen LogP contribution in [0.5, 0.6) is 0 Å². The molecule has 33 heavy (non-hydrogen) atoms. The maximum absolute atomic E-state index is 14.8. The molecule has 9 nitrogen and oxygen atoms in total. The van der Waals surface area contributed by atoms with Gasteiger partial charge in [0.05, 0.1) is 34.7 Å². The van der Waals surface area contributed by atoms with Gasteiger partial charge >= 0.3 is 0 Å². The van der Waals surface area contributed by atoms with E-state index in [0.29, 0.717) is 6.07 Å². The average molecular weight is 475 g/mol. The van der Waals surface area contributed by atoms with Crippen LogP contribution in [0, 0.1) is 11.6 Å². The Labute approximate surface area is 186 Å². The van der Waals surface area contributed by atoms with Gasteiger partial charge in [-0.3, -0.25) is 9.36 Å². The van der Waals surface area contributed by atoms with Crippen LogP contribution in [-0.2, 0) is 22.0 Å². The lowest BCUT2D eigenvalue weighted by Crippen LogP contribution is -2.43. The Morgan fingerprint density at radius 1 is 1.15 bits per heavy atom. The van der Waals surface area contributed by atoms with E-state index in [9.17, 15) is 27.1 Å². The van der Waals surface area contributed by atoms with E-state index < -0.39 is 38.7 Å². The van der Waals surface area contributed by atoms with E-state index in [1.165, 1.54) is 42.5 Å². The number of aliphatic hydroxyl groups is 1. The summed E-state index contributed by atoms with van der Waals surface area (Å²) in [6.07, 6.45) is 4.73. The summed E-state index contributed by atoms with van der Waals surface area (Å²) in [6.45, 7) is 1.19. The van der Waals surface area contributed by atoms with Crippen molar-refractivity contribution in [3.8, 4) is 0 Å². The standard InChI is InChI=1S/C21H19F2N5O4S/c1-13(28-12-25-19-8-15(33(2,31)32)4-5-16(19)20(28)29)21(30,9-27-11-24-10-26-27)17-6-3-14(22)7-18(17)23/h3-8,10-13,30H,9H2,1-2H3. The fraction of sp³-hybridized carbons (Fsp3) is 0.238. The summed E-state index contributed by atoms with van der Waals surface area (Å²) in [4.78, 5) is 21.2. The number of sulfone groups is 1. The van der Waals surface area contributed by atoms with Crippen LogP contribution in [0.1, 0.15) is 18.5 Å². The first-order valence-electron chi connectivity index (χ1n) is 9.72. The lowest BCUT2D eigenvalue weighted by atomic mass is 9.86. The molecule has 0 aliphatic heterocycles. The van der Waals surface area contributed by atoms with Crippen molar-refractivity contribution in [1.29, 1.82) is 0 Å². The highest BCUT2D eigenvalue weighted by molar-refractivity contribution is 7.90. The molecule has 2 heterocycles. The lowest BCUT2D eigenvalue weighted by molar-refractivity contribution is -0.0343. The molecule has 2 unspecified atom stereocenters. The van der Waals surface area contributed by atoms with Gasteiger partial charge in [-0.05, 0) is 31.2 Å². The molecule has 1 N–H and O–H groups in total. The van der Waals surface area contributed by atoms with Crippen LogP contribution in [0.15, 0.2) is 65.1 Å². The summed E-state index contributed by atoms with van der Waals surface area (Å²) in [5.41, 5.74) is -2.73. The molecule has 172 valence electrons. The number of fused-ring (bicyclic) bond motifs is 1. The first kappa shape index (κ1) is 22.7. The van der Waals surface area contributed by atoms with Crippen molar-refractivity contribution in [3.05, 3.63) is 82.9 Å². The second-order valence-electron chi connectivity index (χ2n) is 7.73. The van der Waals surface area contributed by atoms with Crippen LogP contribution in [0.4, 0.5) is 8.78 Å². The largest absolute Gasteiger partial charge is 0.381 e. The number of nitrogens with zero attached hydrogens (tertiary/aromatic N) is 5. The van der Waals surface area contributed by atoms with E-state index in [2.05, 4.69) is 15.1 Å². The molecule has 0 amide bonds. The summed E-state index contributed by atoms with van der Waals surface area (Å²) < 4.78 is 54.3. The Morgan fingerprint density at radius 3 is 2.55 bits per heavy atom. The van der Waals surface area contributed by atoms with Crippen LogP contribution < -0.4 is 5.56 Å². The summed E-state index contributed by atoms with van der Waals surface area (Å²) in [6, 6.07) is 5.56. The van der Waals surface area contributed by atoms with Gasteiger partial charge in [-0.25, -0.2) is 31.8 Å². The van der Waals surface area contributed by atoms with E-state index >= 15 is 0 Å². The molecule has 0 radical (unpaired) electrons. The summed E-state index contributed by atoms with van der Waals surface area (Å²) in [7, 11) is -3.51. The van der Waals surface area contributed by atoms with Gasteiger partial charge in [0.2, 0.25) is 0 Å². The minimum atomic E-state index is -3.51. The zero-order chi connectivity index (χ0) is 24.0. The van der Waals surface area contributed by atoms with Crippen molar-refractivity contribution in [2.24, 2.45) is 0 Å². The Kier molecular flexibility index (Phi) is 5.58. The summed E-state index contributed by atoms with van der Waals surface area (Å²) in [5.74, 6) is -1.82. The Balaban J connectivity index is 1.87. The number of rotatable bonds is 6. The van der Waals surface area contributed by atoms with Gasteiger partial charge in [-0.15, -0.1) is 0 Å². The van der Waals surface area contributed by atoms with Crippen LogP contribution in [-0.4, -0.2) is 44.1 Å². The monoisotopic (exact) mass is 475 g/mol. The van der Waals surface area contributed by atoms with Gasteiger partial charge < -0.3 is 5.11 Å². The summed E-state index contributed by atoms with van der Waals surface area (Å²) in [5, 5.41) is 15.7. The normalized spacial score (nSPS) is 14.8. The predicted molar refractivity (Wildman–Crippen MR) is 114 cm³/mol. The smallest absolute Gasteiger partial charge is 0.261 e. The van der Waals surface area contributed by atoms with Crippen LogP contribution >= 0.6 is 0 Å². The highest BCUT2D eigenvalue weighted by Gasteiger charge is 2.41.